The average molecular weight is 275 g/mol. The van der Waals surface area contributed by atoms with Gasteiger partial charge in [0.1, 0.15) is 12.1 Å². The number of hydrogen-bond acceptors (Lipinski definition) is 3. The van der Waals surface area contributed by atoms with Gasteiger partial charge in [-0.15, -0.1) is 0 Å². The van der Waals surface area contributed by atoms with E-state index in [1.807, 2.05) is 25.1 Å². The van der Waals surface area contributed by atoms with E-state index in [9.17, 15) is 4.79 Å². The maximum atomic E-state index is 12.1. The molecule has 1 heterocycles. The second-order valence-electron chi connectivity index (χ2n) is 7.10. The molecule has 0 spiro atoms. The maximum absolute atomic E-state index is 12.1. The molecule has 20 heavy (non-hydrogen) atoms. The summed E-state index contributed by atoms with van der Waals surface area (Å²) in [6.07, 6.45) is 1.77. The first-order valence-electron chi connectivity index (χ1n) is 7.30. The molecule has 2 atom stereocenters. The summed E-state index contributed by atoms with van der Waals surface area (Å²) in [5.41, 5.74) is 0.790. The van der Waals surface area contributed by atoms with E-state index in [1.165, 1.54) is 5.56 Å². The molecule has 3 heteroatoms. The average Bonchev–Trinajstić information content (AvgIpc) is 2.40. The second kappa shape index (κ2) is 5.57. The molecule has 110 valence electrons. The summed E-state index contributed by atoms with van der Waals surface area (Å²) in [5, 5.41) is 3.49. The molecule has 0 radical (unpaired) electrons. The summed E-state index contributed by atoms with van der Waals surface area (Å²) in [4.78, 5) is 12.1. The largest absolute Gasteiger partial charge is 0.462 e. The van der Waals surface area contributed by atoms with Gasteiger partial charge in [-0.2, -0.15) is 0 Å². The van der Waals surface area contributed by atoms with Crippen molar-refractivity contribution in [2.75, 3.05) is 6.61 Å². The predicted molar refractivity (Wildman–Crippen MR) is 80.4 cm³/mol. The molecule has 0 amide bonds. The molecular formula is C17H25NO2. The topological polar surface area (TPSA) is 38.3 Å². The van der Waals surface area contributed by atoms with Crippen LogP contribution in [-0.2, 0) is 9.53 Å². The molecule has 0 saturated carbocycles. The number of ether oxygens (including phenoxy) is 1. The van der Waals surface area contributed by atoms with E-state index < -0.39 is 5.54 Å². The van der Waals surface area contributed by atoms with Crippen molar-refractivity contribution in [2.45, 2.75) is 52.1 Å². The standard InChI is InChI=1S/C17H25NO2/c1-16(2,3)10-11-17(4)15(19)20-12-14(18-17)13-8-6-5-7-9-13/h5-9,14,18H,10-12H2,1-4H3/t14-,17+/m1/s1. The van der Waals surface area contributed by atoms with Gasteiger partial charge in [0.25, 0.3) is 0 Å². The number of carbonyl (C=O) groups excluding carboxylic acids is 1. The Kier molecular flexibility index (Phi) is 4.19. The molecule has 0 aromatic heterocycles. The van der Waals surface area contributed by atoms with Gasteiger partial charge in [-0.05, 0) is 30.7 Å². The lowest BCUT2D eigenvalue weighted by molar-refractivity contribution is -0.158. The first-order valence-corrected chi connectivity index (χ1v) is 7.30. The van der Waals surface area contributed by atoms with E-state index in [2.05, 4.69) is 38.2 Å². The fraction of sp³-hybridized carbons (Fsp3) is 0.588. The lowest BCUT2D eigenvalue weighted by atomic mass is 9.82. The molecule has 1 saturated heterocycles. The molecular weight excluding hydrogens is 250 g/mol. The number of esters is 1. The van der Waals surface area contributed by atoms with Crippen LogP contribution in [0.1, 0.15) is 52.1 Å². The Labute approximate surface area is 121 Å². The van der Waals surface area contributed by atoms with Crippen LogP contribution in [-0.4, -0.2) is 18.1 Å². The number of benzene rings is 1. The zero-order chi connectivity index (χ0) is 14.8. The molecule has 3 nitrogen and oxygen atoms in total. The summed E-state index contributed by atoms with van der Waals surface area (Å²) >= 11 is 0. The summed E-state index contributed by atoms with van der Waals surface area (Å²) < 4.78 is 5.42. The second-order valence-corrected chi connectivity index (χ2v) is 7.10. The fourth-order valence-corrected chi connectivity index (χ4v) is 2.47. The van der Waals surface area contributed by atoms with E-state index in [-0.39, 0.29) is 17.4 Å². The van der Waals surface area contributed by atoms with Crippen molar-refractivity contribution in [3.8, 4) is 0 Å². The Morgan fingerprint density at radius 2 is 1.95 bits per heavy atom. The number of morpholine rings is 1. The number of nitrogens with one attached hydrogen (secondary N) is 1. The zero-order valence-corrected chi connectivity index (χ0v) is 12.9. The summed E-state index contributed by atoms with van der Waals surface area (Å²) in [6, 6.07) is 10.2. The van der Waals surface area contributed by atoms with Gasteiger partial charge in [-0.3, -0.25) is 10.1 Å². The van der Waals surface area contributed by atoms with Crippen LogP contribution in [0.15, 0.2) is 30.3 Å². The molecule has 0 bridgehead atoms. The highest BCUT2D eigenvalue weighted by molar-refractivity contribution is 5.81. The van der Waals surface area contributed by atoms with Gasteiger partial charge in [-0.25, -0.2) is 0 Å². The molecule has 0 unspecified atom stereocenters. The Bertz CT molecular complexity index is 464. The predicted octanol–water partition coefficient (Wildman–Crippen LogP) is 3.46. The summed E-state index contributed by atoms with van der Waals surface area (Å²) in [6.45, 7) is 8.95. The molecule has 1 aliphatic heterocycles. The van der Waals surface area contributed by atoms with Gasteiger partial charge >= 0.3 is 5.97 Å². The molecule has 1 N–H and O–H groups in total. The SMILES string of the molecule is CC(C)(C)CC[C@]1(C)N[C@@H](c2ccccc2)COC1=O. The van der Waals surface area contributed by atoms with E-state index in [1.54, 1.807) is 0 Å². The molecule has 1 aliphatic rings. The third kappa shape index (κ3) is 3.60. The van der Waals surface area contributed by atoms with Crippen molar-refractivity contribution in [2.24, 2.45) is 5.41 Å². The molecule has 2 rings (SSSR count). The first-order chi connectivity index (χ1) is 9.30. The lowest BCUT2D eigenvalue weighted by Crippen LogP contribution is -2.57. The van der Waals surface area contributed by atoms with Gasteiger partial charge in [0.05, 0.1) is 6.04 Å². The molecule has 1 fully saturated rings. The van der Waals surface area contributed by atoms with Crippen LogP contribution in [0, 0.1) is 5.41 Å². The Morgan fingerprint density at radius 3 is 2.55 bits per heavy atom. The molecule has 1 aromatic carbocycles. The van der Waals surface area contributed by atoms with E-state index in [0.29, 0.717) is 6.61 Å². The van der Waals surface area contributed by atoms with Crippen molar-refractivity contribution in [3.05, 3.63) is 35.9 Å². The number of hydrogen-bond donors (Lipinski definition) is 1. The minimum Gasteiger partial charge on any atom is -0.462 e. The fourth-order valence-electron chi connectivity index (χ4n) is 2.47. The normalized spacial score (nSPS) is 27.2. The van der Waals surface area contributed by atoms with E-state index >= 15 is 0 Å². The van der Waals surface area contributed by atoms with Crippen LogP contribution >= 0.6 is 0 Å². The third-order valence-corrected chi connectivity index (χ3v) is 3.90. The Hall–Kier alpha value is -1.35. The van der Waals surface area contributed by atoms with Crippen molar-refractivity contribution in [1.82, 2.24) is 5.32 Å². The van der Waals surface area contributed by atoms with Gasteiger partial charge in [0.2, 0.25) is 0 Å². The lowest BCUT2D eigenvalue weighted by Gasteiger charge is -2.39. The Balaban J connectivity index is 2.10. The molecule has 1 aromatic rings. The van der Waals surface area contributed by atoms with Crippen LogP contribution in [0.3, 0.4) is 0 Å². The van der Waals surface area contributed by atoms with Crippen LogP contribution < -0.4 is 5.32 Å². The van der Waals surface area contributed by atoms with Gasteiger partial charge < -0.3 is 4.74 Å². The Morgan fingerprint density at radius 1 is 1.30 bits per heavy atom. The van der Waals surface area contributed by atoms with E-state index in [0.717, 1.165) is 12.8 Å². The minimum atomic E-state index is -0.591. The number of cyclic esters (lactones) is 1. The minimum absolute atomic E-state index is 0.0823. The maximum Gasteiger partial charge on any atom is 0.326 e. The van der Waals surface area contributed by atoms with Crippen molar-refractivity contribution >= 4 is 5.97 Å². The summed E-state index contributed by atoms with van der Waals surface area (Å²) in [7, 11) is 0. The number of carbonyl (C=O) groups is 1. The highest BCUT2D eigenvalue weighted by Crippen LogP contribution is 2.31. The monoisotopic (exact) mass is 275 g/mol. The quantitative estimate of drug-likeness (QED) is 0.859. The van der Waals surface area contributed by atoms with Gasteiger partial charge in [0.15, 0.2) is 0 Å². The molecule has 0 aliphatic carbocycles. The van der Waals surface area contributed by atoms with Crippen LogP contribution in [0.5, 0.6) is 0 Å². The van der Waals surface area contributed by atoms with Crippen LogP contribution in [0.2, 0.25) is 0 Å². The number of rotatable bonds is 3. The van der Waals surface area contributed by atoms with Crippen LogP contribution in [0.4, 0.5) is 0 Å². The zero-order valence-electron chi connectivity index (χ0n) is 12.9. The summed E-state index contributed by atoms with van der Waals surface area (Å²) in [5.74, 6) is -0.131. The van der Waals surface area contributed by atoms with Gasteiger partial charge in [0, 0.05) is 0 Å². The van der Waals surface area contributed by atoms with Crippen molar-refractivity contribution in [1.29, 1.82) is 0 Å². The smallest absolute Gasteiger partial charge is 0.326 e. The highest BCUT2D eigenvalue weighted by Gasteiger charge is 2.41. The highest BCUT2D eigenvalue weighted by atomic mass is 16.5. The van der Waals surface area contributed by atoms with E-state index in [4.69, 9.17) is 4.74 Å². The first kappa shape index (κ1) is 15.0. The van der Waals surface area contributed by atoms with Gasteiger partial charge in [-0.1, -0.05) is 51.1 Å². The van der Waals surface area contributed by atoms with Crippen LogP contribution in [0.25, 0.3) is 0 Å². The third-order valence-electron chi connectivity index (χ3n) is 3.90. The van der Waals surface area contributed by atoms with Crippen molar-refractivity contribution in [3.63, 3.8) is 0 Å². The van der Waals surface area contributed by atoms with Crippen molar-refractivity contribution < 1.29 is 9.53 Å².